The van der Waals surface area contributed by atoms with Gasteiger partial charge in [0.1, 0.15) is 11.9 Å². The maximum atomic E-state index is 12.9. The Kier molecular flexibility index (Phi) is 5.51. The Morgan fingerprint density at radius 3 is 2.78 bits per heavy atom. The van der Waals surface area contributed by atoms with Gasteiger partial charge in [-0.05, 0) is 30.5 Å². The minimum Gasteiger partial charge on any atom is -0.497 e. The van der Waals surface area contributed by atoms with E-state index in [0.717, 1.165) is 38.1 Å². The van der Waals surface area contributed by atoms with Crippen molar-refractivity contribution in [3.63, 3.8) is 0 Å². The van der Waals surface area contributed by atoms with E-state index < -0.39 is 0 Å². The Morgan fingerprint density at radius 2 is 2.09 bits per heavy atom. The number of amides is 1. The van der Waals surface area contributed by atoms with Crippen LogP contribution in [0.4, 0.5) is 0 Å². The first-order valence-corrected chi connectivity index (χ1v) is 8.56. The summed E-state index contributed by atoms with van der Waals surface area (Å²) in [6, 6.07) is 8.24. The fraction of sp³-hybridized carbons (Fsp3) is 0.611. The highest BCUT2D eigenvalue weighted by Gasteiger charge is 2.32. The highest BCUT2D eigenvalue weighted by Crippen LogP contribution is 2.32. The zero-order chi connectivity index (χ0) is 16.1. The van der Waals surface area contributed by atoms with Crippen LogP contribution < -0.4 is 10.1 Å². The monoisotopic (exact) mass is 318 g/mol. The van der Waals surface area contributed by atoms with Crippen molar-refractivity contribution < 1.29 is 14.3 Å². The van der Waals surface area contributed by atoms with Crippen LogP contribution in [0.15, 0.2) is 24.3 Å². The fourth-order valence-electron chi connectivity index (χ4n) is 3.45. The number of methoxy groups -OCH3 is 1. The number of ether oxygens (including phenoxy) is 2. The number of nitrogens with one attached hydrogen (secondary N) is 1. The summed E-state index contributed by atoms with van der Waals surface area (Å²) in [5, 5.41) is 3.25. The van der Waals surface area contributed by atoms with E-state index in [0.29, 0.717) is 13.2 Å². The van der Waals surface area contributed by atoms with Gasteiger partial charge >= 0.3 is 0 Å². The first-order valence-electron chi connectivity index (χ1n) is 8.56. The molecule has 2 aliphatic rings. The largest absolute Gasteiger partial charge is 0.497 e. The average molecular weight is 318 g/mol. The van der Waals surface area contributed by atoms with Gasteiger partial charge in [0, 0.05) is 19.6 Å². The third-order valence-electron chi connectivity index (χ3n) is 4.74. The molecular weight excluding hydrogens is 292 g/mol. The molecule has 2 aliphatic heterocycles. The van der Waals surface area contributed by atoms with Crippen molar-refractivity contribution in [2.24, 2.45) is 0 Å². The van der Waals surface area contributed by atoms with Crippen LogP contribution in [0.1, 0.15) is 37.3 Å². The van der Waals surface area contributed by atoms with E-state index in [2.05, 4.69) is 17.4 Å². The van der Waals surface area contributed by atoms with Gasteiger partial charge in [0.05, 0.1) is 19.8 Å². The summed E-state index contributed by atoms with van der Waals surface area (Å²) in [7, 11) is 1.67. The first-order chi connectivity index (χ1) is 11.3. The first kappa shape index (κ1) is 16.3. The van der Waals surface area contributed by atoms with Gasteiger partial charge in [0.2, 0.25) is 0 Å². The maximum Gasteiger partial charge on any atom is 0.253 e. The molecule has 1 aromatic rings. The summed E-state index contributed by atoms with van der Waals surface area (Å²) in [6.07, 6.45) is 4.07. The third-order valence-corrected chi connectivity index (χ3v) is 4.74. The van der Waals surface area contributed by atoms with Gasteiger partial charge in [-0.15, -0.1) is 0 Å². The maximum absolute atomic E-state index is 12.9. The zero-order valence-electron chi connectivity index (χ0n) is 13.8. The van der Waals surface area contributed by atoms with Gasteiger partial charge in [0.15, 0.2) is 0 Å². The Morgan fingerprint density at radius 1 is 1.26 bits per heavy atom. The molecule has 2 heterocycles. The topological polar surface area (TPSA) is 50.8 Å². The lowest BCUT2D eigenvalue weighted by atomic mass is 10.00. The van der Waals surface area contributed by atoms with Gasteiger partial charge in [-0.2, -0.15) is 0 Å². The van der Waals surface area contributed by atoms with Crippen molar-refractivity contribution in [3.8, 4) is 5.75 Å². The molecule has 0 saturated carbocycles. The summed E-state index contributed by atoms with van der Waals surface area (Å²) in [4.78, 5) is 15.0. The van der Waals surface area contributed by atoms with Gasteiger partial charge in [-0.1, -0.05) is 25.0 Å². The second-order valence-electron chi connectivity index (χ2n) is 6.23. The minimum atomic E-state index is -0.345. The predicted molar refractivity (Wildman–Crippen MR) is 88.5 cm³/mol. The number of nitrogens with zero attached hydrogens (tertiary/aromatic N) is 1. The van der Waals surface area contributed by atoms with Crippen molar-refractivity contribution in [1.82, 2.24) is 10.2 Å². The number of likely N-dealkylation sites (tertiary alicyclic amines) is 1. The van der Waals surface area contributed by atoms with Crippen molar-refractivity contribution in [1.29, 1.82) is 0 Å². The molecule has 2 saturated heterocycles. The van der Waals surface area contributed by atoms with E-state index in [1.165, 1.54) is 12.0 Å². The molecule has 126 valence electrons. The van der Waals surface area contributed by atoms with Crippen LogP contribution in [0, 0.1) is 0 Å². The lowest BCUT2D eigenvalue weighted by molar-refractivity contribution is -0.147. The van der Waals surface area contributed by atoms with Crippen LogP contribution in [0.2, 0.25) is 0 Å². The van der Waals surface area contributed by atoms with E-state index in [4.69, 9.17) is 9.47 Å². The molecule has 2 fully saturated rings. The Balaban J connectivity index is 1.79. The SMILES string of the molecule is COc1ccc(C2CCCCCN2C(=O)C2CNCCO2)cc1. The summed E-state index contributed by atoms with van der Waals surface area (Å²) < 4.78 is 10.9. The zero-order valence-corrected chi connectivity index (χ0v) is 13.8. The quantitative estimate of drug-likeness (QED) is 0.927. The number of carbonyl (C=O) groups is 1. The van der Waals surface area contributed by atoms with Crippen LogP contribution in [-0.4, -0.2) is 50.3 Å². The molecule has 0 spiro atoms. The average Bonchev–Trinajstić information content (AvgIpc) is 2.88. The minimum absolute atomic E-state index is 0.125. The molecule has 1 N–H and O–H groups in total. The molecule has 3 rings (SSSR count). The van der Waals surface area contributed by atoms with Gasteiger partial charge in [-0.3, -0.25) is 4.79 Å². The molecule has 23 heavy (non-hydrogen) atoms. The van der Waals surface area contributed by atoms with Crippen molar-refractivity contribution in [2.75, 3.05) is 33.4 Å². The molecule has 2 unspecified atom stereocenters. The second-order valence-corrected chi connectivity index (χ2v) is 6.23. The van der Waals surface area contributed by atoms with E-state index in [1.54, 1.807) is 7.11 Å². The van der Waals surface area contributed by atoms with Crippen molar-refractivity contribution in [3.05, 3.63) is 29.8 Å². The lowest BCUT2D eigenvalue weighted by Gasteiger charge is -2.34. The summed E-state index contributed by atoms with van der Waals surface area (Å²) >= 11 is 0. The number of rotatable bonds is 3. The molecule has 1 aromatic carbocycles. The Labute approximate surface area is 137 Å². The molecule has 0 aromatic heterocycles. The second kappa shape index (κ2) is 7.79. The van der Waals surface area contributed by atoms with Gasteiger partial charge < -0.3 is 19.7 Å². The summed E-state index contributed by atoms with van der Waals surface area (Å²) in [6.45, 7) is 2.86. The Hall–Kier alpha value is -1.59. The smallest absolute Gasteiger partial charge is 0.253 e. The van der Waals surface area contributed by atoms with E-state index >= 15 is 0 Å². The number of hydrogen-bond donors (Lipinski definition) is 1. The van der Waals surface area contributed by atoms with Crippen molar-refractivity contribution in [2.45, 2.75) is 37.8 Å². The normalized spacial score (nSPS) is 25.7. The fourth-order valence-corrected chi connectivity index (χ4v) is 3.45. The highest BCUT2D eigenvalue weighted by atomic mass is 16.5. The molecule has 0 radical (unpaired) electrons. The number of benzene rings is 1. The van der Waals surface area contributed by atoms with E-state index in [1.807, 2.05) is 17.0 Å². The lowest BCUT2D eigenvalue weighted by Crippen LogP contribution is -2.50. The van der Waals surface area contributed by atoms with Gasteiger partial charge in [-0.25, -0.2) is 0 Å². The van der Waals surface area contributed by atoms with Crippen LogP contribution in [0.3, 0.4) is 0 Å². The molecular formula is C18H26N2O3. The van der Waals surface area contributed by atoms with Crippen LogP contribution in [0.25, 0.3) is 0 Å². The summed E-state index contributed by atoms with van der Waals surface area (Å²) in [5.74, 6) is 0.972. The summed E-state index contributed by atoms with van der Waals surface area (Å²) in [5.41, 5.74) is 1.19. The van der Waals surface area contributed by atoms with E-state index in [-0.39, 0.29) is 18.1 Å². The molecule has 0 aliphatic carbocycles. The molecule has 2 atom stereocenters. The van der Waals surface area contributed by atoms with Crippen LogP contribution >= 0.6 is 0 Å². The molecule has 5 heteroatoms. The standard InChI is InChI=1S/C18H26N2O3/c1-22-15-8-6-14(7-9-15)16-5-3-2-4-11-20(16)18(21)17-13-19-10-12-23-17/h6-9,16-17,19H,2-5,10-13H2,1H3. The van der Waals surface area contributed by atoms with Crippen molar-refractivity contribution >= 4 is 5.91 Å². The number of carbonyl (C=O) groups excluding carboxylic acids is 1. The predicted octanol–water partition coefficient (Wildman–Crippen LogP) is 2.13. The van der Waals surface area contributed by atoms with Crippen LogP contribution in [0.5, 0.6) is 5.75 Å². The van der Waals surface area contributed by atoms with E-state index in [9.17, 15) is 4.79 Å². The highest BCUT2D eigenvalue weighted by molar-refractivity contribution is 5.82. The number of morpholine rings is 1. The molecule has 5 nitrogen and oxygen atoms in total. The van der Waals surface area contributed by atoms with Crippen LogP contribution in [-0.2, 0) is 9.53 Å². The third kappa shape index (κ3) is 3.85. The van der Waals surface area contributed by atoms with Gasteiger partial charge in [0.25, 0.3) is 5.91 Å². The Bertz CT molecular complexity index is 512. The molecule has 1 amide bonds. The number of hydrogen-bond acceptors (Lipinski definition) is 4. The molecule has 0 bridgehead atoms.